The number of ether oxygens (including phenoxy) is 2. The van der Waals surface area contributed by atoms with Gasteiger partial charge < -0.3 is 25.0 Å². The molecule has 0 bridgehead atoms. The van der Waals surface area contributed by atoms with Gasteiger partial charge in [0.25, 0.3) is 0 Å². The van der Waals surface area contributed by atoms with Gasteiger partial charge >= 0.3 is 5.97 Å². The topological polar surface area (TPSA) is 105 Å². The number of carboxylic acid groups (broad SMARTS) is 1. The number of rotatable bonds is 8. The lowest BCUT2D eigenvalue weighted by Gasteiger charge is -2.20. The third kappa shape index (κ3) is 4.77. The lowest BCUT2D eigenvalue weighted by atomic mass is 9.99. The second kappa shape index (κ2) is 8.26. The number of carboxylic acids is 1. The third-order valence-electron chi connectivity index (χ3n) is 3.70. The summed E-state index contributed by atoms with van der Waals surface area (Å²) in [7, 11) is 2.78. The molecule has 7 heteroatoms. The first-order chi connectivity index (χ1) is 10.8. The Balaban J connectivity index is 2.90. The number of methoxy groups -OCH3 is 2. The van der Waals surface area contributed by atoms with E-state index in [0.29, 0.717) is 12.0 Å². The standard InChI is InChI=1S/C16H23NO6/c1-5-9(2)14(16(20)21)17-13(18)8-10-6-11(22-3)15(19)12(7-10)23-4/h6-7,9,14,19H,5,8H2,1-4H3,(H,17,18)(H,20,21)/t9-,14-/m0/s1. The number of phenolic OH excluding ortho intramolecular Hbond substituents is 1. The molecule has 1 aromatic carbocycles. The van der Waals surface area contributed by atoms with Crippen molar-refractivity contribution in [2.45, 2.75) is 32.7 Å². The van der Waals surface area contributed by atoms with Crippen LogP contribution in [0.3, 0.4) is 0 Å². The van der Waals surface area contributed by atoms with Crippen LogP contribution < -0.4 is 14.8 Å². The molecule has 0 saturated carbocycles. The van der Waals surface area contributed by atoms with E-state index in [1.807, 2.05) is 6.92 Å². The van der Waals surface area contributed by atoms with Crippen LogP contribution in [0.15, 0.2) is 12.1 Å². The SMILES string of the molecule is CC[C@H](C)[C@H](NC(=O)Cc1cc(OC)c(O)c(OC)c1)C(=O)O. The summed E-state index contributed by atoms with van der Waals surface area (Å²) in [6.45, 7) is 3.63. The molecule has 0 heterocycles. The molecule has 0 aliphatic carbocycles. The number of nitrogens with one attached hydrogen (secondary N) is 1. The zero-order chi connectivity index (χ0) is 17.6. The van der Waals surface area contributed by atoms with Crippen LogP contribution in [-0.4, -0.2) is 42.4 Å². The van der Waals surface area contributed by atoms with E-state index in [4.69, 9.17) is 9.47 Å². The van der Waals surface area contributed by atoms with Crippen LogP contribution >= 0.6 is 0 Å². The minimum atomic E-state index is -1.06. The fraction of sp³-hybridized carbons (Fsp3) is 0.500. The Morgan fingerprint density at radius 1 is 1.22 bits per heavy atom. The third-order valence-corrected chi connectivity index (χ3v) is 3.70. The van der Waals surface area contributed by atoms with E-state index in [0.717, 1.165) is 0 Å². The fourth-order valence-corrected chi connectivity index (χ4v) is 2.14. The molecule has 0 unspecified atom stereocenters. The molecule has 1 aromatic rings. The Kier molecular flexibility index (Phi) is 6.68. The Morgan fingerprint density at radius 3 is 2.13 bits per heavy atom. The average Bonchev–Trinajstić information content (AvgIpc) is 2.52. The van der Waals surface area contributed by atoms with Gasteiger partial charge in [-0.2, -0.15) is 0 Å². The molecule has 0 aliphatic rings. The number of carbonyl (C=O) groups is 2. The van der Waals surface area contributed by atoms with Crippen molar-refractivity contribution in [3.63, 3.8) is 0 Å². The van der Waals surface area contributed by atoms with Gasteiger partial charge in [0, 0.05) is 0 Å². The molecule has 0 saturated heterocycles. The van der Waals surface area contributed by atoms with Crippen molar-refractivity contribution in [1.29, 1.82) is 0 Å². The molecule has 0 spiro atoms. The van der Waals surface area contributed by atoms with Gasteiger partial charge in [-0.05, 0) is 23.6 Å². The zero-order valence-electron chi connectivity index (χ0n) is 13.8. The van der Waals surface area contributed by atoms with Crippen molar-refractivity contribution in [2.24, 2.45) is 5.92 Å². The number of aromatic hydroxyl groups is 1. The molecule has 23 heavy (non-hydrogen) atoms. The van der Waals surface area contributed by atoms with Gasteiger partial charge in [-0.1, -0.05) is 20.3 Å². The normalized spacial score (nSPS) is 13.0. The molecule has 0 aliphatic heterocycles. The molecule has 0 radical (unpaired) electrons. The number of hydrogen-bond donors (Lipinski definition) is 3. The molecule has 128 valence electrons. The van der Waals surface area contributed by atoms with E-state index >= 15 is 0 Å². The smallest absolute Gasteiger partial charge is 0.326 e. The van der Waals surface area contributed by atoms with E-state index in [9.17, 15) is 19.8 Å². The predicted octanol–water partition coefficient (Wildman–Crippen LogP) is 1.57. The predicted molar refractivity (Wildman–Crippen MR) is 83.9 cm³/mol. The lowest BCUT2D eigenvalue weighted by molar-refractivity contribution is -0.143. The van der Waals surface area contributed by atoms with Crippen molar-refractivity contribution < 1.29 is 29.3 Å². The summed E-state index contributed by atoms with van der Waals surface area (Å²) < 4.78 is 10.1. The first-order valence-corrected chi connectivity index (χ1v) is 7.30. The number of carbonyl (C=O) groups excluding carboxylic acids is 1. The highest BCUT2D eigenvalue weighted by Crippen LogP contribution is 2.37. The summed E-state index contributed by atoms with van der Waals surface area (Å²) >= 11 is 0. The zero-order valence-corrected chi connectivity index (χ0v) is 13.8. The van der Waals surface area contributed by atoms with Crippen LogP contribution in [0.5, 0.6) is 17.2 Å². The molecule has 3 N–H and O–H groups in total. The van der Waals surface area contributed by atoms with Crippen molar-refractivity contribution in [3.8, 4) is 17.2 Å². The molecule has 7 nitrogen and oxygen atoms in total. The summed E-state index contributed by atoms with van der Waals surface area (Å²) in [5, 5.41) is 21.6. The number of amides is 1. The molecule has 2 atom stereocenters. The molecular formula is C16H23NO6. The lowest BCUT2D eigenvalue weighted by Crippen LogP contribution is -2.45. The van der Waals surface area contributed by atoms with E-state index in [1.54, 1.807) is 6.92 Å². The maximum absolute atomic E-state index is 12.1. The van der Waals surface area contributed by atoms with Gasteiger partial charge in [-0.25, -0.2) is 4.79 Å². The van der Waals surface area contributed by atoms with Crippen LogP contribution in [0.2, 0.25) is 0 Å². The maximum Gasteiger partial charge on any atom is 0.326 e. The van der Waals surface area contributed by atoms with Crippen LogP contribution in [0.1, 0.15) is 25.8 Å². The van der Waals surface area contributed by atoms with Crippen molar-refractivity contribution in [1.82, 2.24) is 5.32 Å². The second-order valence-electron chi connectivity index (χ2n) is 5.29. The van der Waals surface area contributed by atoms with Gasteiger partial charge in [-0.15, -0.1) is 0 Å². The number of hydrogen-bond acceptors (Lipinski definition) is 5. The van der Waals surface area contributed by atoms with Gasteiger partial charge in [0.05, 0.1) is 20.6 Å². The minimum Gasteiger partial charge on any atom is -0.502 e. The second-order valence-corrected chi connectivity index (χ2v) is 5.29. The van der Waals surface area contributed by atoms with Crippen LogP contribution in [0.25, 0.3) is 0 Å². The fourth-order valence-electron chi connectivity index (χ4n) is 2.14. The Labute approximate surface area is 135 Å². The van der Waals surface area contributed by atoms with Crippen LogP contribution in [0, 0.1) is 5.92 Å². The largest absolute Gasteiger partial charge is 0.502 e. The van der Waals surface area contributed by atoms with E-state index in [1.165, 1.54) is 26.4 Å². The first kappa shape index (κ1) is 18.6. The molecule has 1 rings (SSSR count). The quantitative estimate of drug-likeness (QED) is 0.670. The molecule has 0 fully saturated rings. The van der Waals surface area contributed by atoms with Gasteiger partial charge in [-0.3, -0.25) is 4.79 Å². The average molecular weight is 325 g/mol. The summed E-state index contributed by atoms with van der Waals surface area (Å²) in [6, 6.07) is 2.08. The van der Waals surface area contributed by atoms with Gasteiger partial charge in [0.1, 0.15) is 6.04 Å². The van der Waals surface area contributed by atoms with Gasteiger partial charge in [0.2, 0.25) is 11.7 Å². The Hall–Kier alpha value is -2.44. The van der Waals surface area contributed by atoms with E-state index < -0.39 is 17.9 Å². The first-order valence-electron chi connectivity index (χ1n) is 7.30. The highest BCUT2D eigenvalue weighted by atomic mass is 16.5. The number of benzene rings is 1. The van der Waals surface area contributed by atoms with Crippen molar-refractivity contribution >= 4 is 11.9 Å². The number of phenols is 1. The van der Waals surface area contributed by atoms with Crippen LogP contribution in [0.4, 0.5) is 0 Å². The molecule has 0 aromatic heterocycles. The molecular weight excluding hydrogens is 302 g/mol. The van der Waals surface area contributed by atoms with E-state index in [-0.39, 0.29) is 29.6 Å². The van der Waals surface area contributed by atoms with E-state index in [2.05, 4.69) is 5.32 Å². The number of aliphatic carboxylic acids is 1. The summed E-state index contributed by atoms with van der Waals surface area (Å²) in [6.07, 6.45) is 0.589. The maximum atomic E-state index is 12.1. The Bertz CT molecular complexity index is 547. The minimum absolute atomic E-state index is 0.0484. The van der Waals surface area contributed by atoms with Crippen LogP contribution in [-0.2, 0) is 16.0 Å². The summed E-state index contributed by atoms with van der Waals surface area (Å²) in [4.78, 5) is 23.4. The Morgan fingerprint density at radius 2 is 1.74 bits per heavy atom. The summed E-state index contributed by atoms with van der Waals surface area (Å²) in [5.74, 6) is -1.45. The summed E-state index contributed by atoms with van der Waals surface area (Å²) in [5.41, 5.74) is 0.544. The van der Waals surface area contributed by atoms with Crippen molar-refractivity contribution in [2.75, 3.05) is 14.2 Å². The van der Waals surface area contributed by atoms with Gasteiger partial charge in [0.15, 0.2) is 11.5 Å². The monoisotopic (exact) mass is 325 g/mol. The highest BCUT2D eigenvalue weighted by molar-refractivity contribution is 5.85. The van der Waals surface area contributed by atoms with Crippen molar-refractivity contribution in [3.05, 3.63) is 17.7 Å². The highest BCUT2D eigenvalue weighted by Gasteiger charge is 2.25. The molecule has 1 amide bonds.